The maximum atomic E-state index is 12.8. The molecule has 2 saturated heterocycles. The van der Waals surface area contributed by atoms with Gasteiger partial charge in [-0.1, -0.05) is 0 Å². The fourth-order valence-corrected chi connectivity index (χ4v) is 3.63. The Bertz CT molecular complexity index is 672. The molecule has 2 atom stereocenters. The molecule has 3 heterocycles. The molecule has 0 radical (unpaired) electrons. The van der Waals surface area contributed by atoms with E-state index in [0.717, 1.165) is 18.7 Å². The van der Waals surface area contributed by atoms with E-state index in [1.165, 1.54) is 0 Å². The van der Waals surface area contributed by atoms with Crippen molar-refractivity contribution in [3.8, 4) is 0 Å². The molecule has 0 unspecified atom stereocenters. The monoisotopic (exact) mass is 335 g/mol. The van der Waals surface area contributed by atoms with Gasteiger partial charge in [0.25, 0.3) is 11.5 Å². The third-order valence-corrected chi connectivity index (χ3v) is 4.89. The number of H-pyrrole nitrogens is 1. The Kier molecular flexibility index (Phi) is 5.03. The van der Waals surface area contributed by atoms with Crippen LogP contribution in [0.1, 0.15) is 28.0 Å². The molecule has 0 aromatic carbocycles. The summed E-state index contributed by atoms with van der Waals surface area (Å²) in [6.07, 6.45) is 0.354. The average Bonchev–Trinajstić information content (AvgIpc) is 2.80. The van der Waals surface area contributed by atoms with E-state index in [9.17, 15) is 14.7 Å². The standard InChI is InChI=1S/C17H25N3O4/c1-11-8-12(2)18-16(22)15(11)17(23)20-5-3-4-19(6-7-20)13-9-24-10-14(13)21/h8,13-14,21H,3-7,9-10H2,1-2H3,(H,18,22)/t13-,14-/m0/s1. The van der Waals surface area contributed by atoms with Gasteiger partial charge in [0.1, 0.15) is 5.56 Å². The predicted molar refractivity (Wildman–Crippen MR) is 89.2 cm³/mol. The van der Waals surface area contributed by atoms with Crippen molar-refractivity contribution in [3.05, 3.63) is 33.2 Å². The minimum absolute atomic E-state index is 0.00423. The van der Waals surface area contributed by atoms with Crippen molar-refractivity contribution in [1.29, 1.82) is 0 Å². The SMILES string of the molecule is Cc1cc(C)c(C(=O)N2CCCN([C@H]3COC[C@@H]3O)CC2)c(=O)[nH]1. The number of amides is 1. The van der Waals surface area contributed by atoms with E-state index in [-0.39, 0.29) is 23.1 Å². The number of pyridine rings is 1. The van der Waals surface area contributed by atoms with Gasteiger partial charge in [0.15, 0.2) is 0 Å². The van der Waals surface area contributed by atoms with Gasteiger partial charge in [0, 0.05) is 31.9 Å². The van der Waals surface area contributed by atoms with Crippen LogP contribution >= 0.6 is 0 Å². The van der Waals surface area contributed by atoms with Gasteiger partial charge in [-0.25, -0.2) is 0 Å². The van der Waals surface area contributed by atoms with Gasteiger partial charge in [0.05, 0.1) is 25.4 Å². The van der Waals surface area contributed by atoms with Gasteiger partial charge in [-0.05, 0) is 31.9 Å². The number of aliphatic hydroxyl groups excluding tert-OH is 1. The Balaban J connectivity index is 1.72. The first kappa shape index (κ1) is 17.1. The van der Waals surface area contributed by atoms with Crippen LogP contribution in [0.2, 0.25) is 0 Å². The van der Waals surface area contributed by atoms with Crippen molar-refractivity contribution in [2.24, 2.45) is 0 Å². The summed E-state index contributed by atoms with van der Waals surface area (Å²) >= 11 is 0. The van der Waals surface area contributed by atoms with Gasteiger partial charge >= 0.3 is 0 Å². The van der Waals surface area contributed by atoms with Crippen LogP contribution in [-0.4, -0.2) is 77.3 Å². The summed E-state index contributed by atoms with van der Waals surface area (Å²) in [5.74, 6) is -0.209. The van der Waals surface area contributed by atoms with Crippen LogP contribution < -0.4 is 5.56 Å². The number of carbonyl (C=O) groups excluding carboxylic acids is 1. The van der Waals surface area contributed by atoms with E-state index in [0.29, 0.717) is 38.4 Å². The van der Waals surface area contributed by atoms with Crippen molar-refractivity contribution < 1.29 is 14.6 Å². The first-order valence-corrected chi connectivity index (χ1v) is 8.47. The molecule has 3 rings (SSSR count). The lowest BCUT2D eigenvalue weighted by atomic mass is 10.1. The van der Waals surface area contributed by atoms with Crippen molar-refractivity contribution in [2.45, 2.75) is 32.4 Å². The lowest BCUT2D eigenvalue weighted by Crippen LogP contribution is -2.45. The summed E-state index contributed by atoms with van der Waals surface area (Å²) in [5, 5.41) is 9.99. The molecule has 0 spiro atoms. The highest BCUT2D eigenvalue weighted by atomic mass is 16.5. The molecule has 2 aliphatic heterocycles. The first-order chi connectivity index (χ1) is 11.5. The number of aliphatic hydroxyl groups is 1. The molecule has 132 valence electrons. The zero-order valence-corrected chi connectivity index (χ0v) is 14.2. The Hall–Kier alpha value is -1.70. The van der Waals surface area contributed by atoms with Gasteiger partial charge < -0.3 is 19.7 Å². The van der Waals surface area contributed by atoms with E-state index in [4.69, 9.17) is 4.74 Å². The van der Waals surface area contributed by atoms with Crippen molar-refractivity contribution in [1.82, 2.24) is 14.8 Å². The quantitative estimate of drug-likeness (QED) is 0.788. The van der Waals surface area contributed by atoms with Crippen LogP contribution in [-0.2, 0) is 4.74 Å². The number of aryl methyl sites for hydroxylation is 2. The molecule has 1 aromatic rings. The second-order valence-corrected chi connectivity index (χ2v) is 6.69. The third-order valence-electron chi connectivity index (χ3n) is 4.89. The Morgan fingerprint density at radius 2 is 2.04 bits per heavy atom. The minimum Gasteiger partial charge on any atom is -0.389 e. The Labute approximate surface area is 141 Å². The lowest BCUT2D eigenvalue weighted by Gasteiger charge is -2.28. The average molecular weight is 335 g/mol. The predicted octanol–water partition coefficient (Wildman–Crippen LogP) is -0.101. The molecule has 0 saturated carbocycles. The highest BCUT2D eigenvalue weighted by molar-refractivity contribution is 5.95. The fraction of sp³-hybridized carbons (Fsp3) is 0.647. The largest absolute Gasteiger partial charge is 0.389 e. The molecule has 2 N–H and O–H groups in total. The number of aromatic nitrogens is 1. The summed E-state index contributed by atoms with van der Waals surface area (Å²) in [6.45, 7) is 7.18. The summed E-state index contributed by atoms with van der Waals surface area (Å²) in [6, 6.07) is 1.83. The van der Waals surface area contributed by atoms with Crippen LogP contribution in [0.15, 0.2) is 10.9 Å². The number of nitrogens with one attached hydrogen (secondary N) is 1. The zero-order valence-electron chi connectivity index (χ0n) is 14.2. The van der Waals surface area contributed by atoms with Crippen molar-refractivity contribution >= 4 is 5.91 Å². The van der Waals surface area contributed by atoms with E-state index < -0.39 is 6.10 Å². The second-order valence-electron chi connectivity index (χ2n) is 6.69. The topological polar surface area (TPSA) is 85.9 Å². The van der Waals surface area contributed by atoms with Crippen LogP contribution in [0.3, 0.4) is 0 Å². The lowest BCUT2D eigenvalue weighted by molar-refractivity contribution is 0.0723. The van der Waals surface area contributed by atoms with Crippen LogP contribution in [0.5, 0.6) is 0 Å². The zero-order chi connectivity index (χ0) is 17.3. The van der Waals surface area contributed by atoms with Gasteiger partial charge in [0.2, 0.25) is 0 Å². The summed E-state index contributed by atoms with van der Waals surface area (Å²) in [4.78, 5) is 31.6. The molecule has 1 amide bonds. The third kappa shape index (κ3) is 3.38. The summed E-state index contributed by atoms with van der Waals surface area (Å²) in [5.41, 5.74) is 1.38. The molecule has 0 aliphatic carbocycles. The molecule has 1 aromatic heterocycles. The molecule has 2 fully saturated rings. The molecule has 7 nitrogen and oxygen atoms in total. The van der Waals surface area contributed by atoms with E-state index in [2.05, 4.69) is 9.88 Å². The molecule has 0 bridgehead atoms. The second kappa shape index (κ2) is 7.04. The minimum atomic E-state index is -0.463. The van der Waals surface area contributed by atoms with Gasteiger partial charge in [-0.3, -0.25) is 14.5 Å². The molecule has 7 heteroatoms. The summed E-state index contributed by atoms with van der Waals surface area (Å²) in [7, 11) is 0. The molecule has 2 aliphatic rings. The number of hydrogen-bond donors (Lipinski definition) is 2. The highest BCUT2D eigenvalue weighted by Crippen LogP contribution is 2.17. The normalized spacial score (nSPS) is 25.7. The molecule has 24 heavy (non-hydrogen) atoms. The number of hydrogen-bond acceptors (Lipinski definition) is 5. The van der Waals surface area contributed by atoms with Gasteiger partial charge in [-0.2, -0.15) is 0 Å². The van der Waals surface area contributed by atoms with E-state index >= 15 is 0 Å². The Morgan fingerprint density at radius 1 is 1.25 bits per heavy atom. The number of carbonyl (C=O) groups is 1. The number of nitrogens with zero attached hydrogens (tertiary/aromatic N) is 2. The van der Waals surface area contributed by atoms with Gasteiger partial charge in [-0.15, -0.1) is 0 Å². The number of ether oxygens (including phenoxy) is 1. The van der Waals surface area contributed by atoms with Crippen LogP contribution in [0.4, 0.5) is 0 Å². The summed E-state index contributed by atoms with van der Waals surface area (Å²) < 4.78 is 5.33. The first-order valence-electron chi connectivity index (χ1n) is 8.47. The maximum Gasteiger partial charge on any atom is 0.261 e. The van der Waals surface area contributed by atoms with Crippen LogP contribution in [0.25, 0.3) is 0 Å². The number of rotatable bonds is 2. The van der Waals surface area contributed by atoms with E-state index in [1.54, 1.807) is 18.7 Å². The Morgan fingerprint density at radius 3 is 2.71 bits per heavy atom. The maximum absolute atomic E-state index is 12.8. The smallest absolute Gasteiger partial charge is 0.261 e. The number of aromatic amines is 1. The molecular weight excluding hydrogens is 310 g/mol. The van der Waals surface area contributed by atoms with E-state index in [1.807, 2.05) is 6.07 Å². The van der Waals surface area contributed by atoms with Crippen LogP contribution in [0, 0.1) is 13.8 Å². The van der Waals surface area contributed by atoms with Crippen molar-refractivity contribution in [2.75, 3.05) is 39.4 Å². The fourth-order valence-electron chi connectivity index (χ4n) is 3.63. The molecular formula is C17H25N3O4. The van der Waals surface area contributed by atoms with Crippen molar-refractivity contribution in [3.63, 3.8) is 0 Å². The highest BCUT2D eigenvalue weighted by Gasteiger charge is 2.33.